The molecule has 1 aromatic carbocycles. The Bertz CT molecular complexity index is 1020. The molecule has 0 aliphatic heterocycles. The highest BCUT2D eigenvalue weighted by molar-refractivity contribution is 8.00. The molecule has 0 aliphatic carbocycles. The van der Waals surface area contributed by atoms with Gasteiger partial charge in [-0.1, -0.05) is 43.0 Å². The molecular formula is C20H21N3O2S2. The number of benzene rings is 1. The minimum Gasteiger partial charge on any atom is -0.325 e. The van der Waals surface area contributed by atoms with E-state index in [0.29, 0.717) is 17.1 Å². The number of anilines is 1. The molecule has 27 heavy (non-hydrogen) atoms. The zero-order chi connectivity index (χ0) is 19.4. The number of allylic oxidation sites excluding steroid dienone is 1. The number of thioether (sulfide) groups is 1. The van der Waals surface area contributed by atoms with Gasteiger partial charge in [-0.05, 0) is 31.5 Å². The maximum atomic E-state index is 12.9. The third-order valence-corrected chi connectivity index (χ3v) is 6.28. The number of thiophene rings is 1. The van der Waals surface area contributed by atoms with Gasteiger partial charge in [0.05, 0.1) is 10.6 Å². The number of rotatable bonds is 7. The number of carbonyl (C=O) groups excluding carboxylic acids is 1. The van der Waals surface area contributed by atoms with Crippen molar-refractivity contribution in [2.75, 3.05) is 5.32 Å². The van der Waals surface area contributed by atoms with Crippen molar-refractivity contribution in [3.8, 4) is 0 Å². The molecule has 3 aromatic rings. The molecule has 2 heterocycles. The molecule has 0 radical (unpaired) electrons. The molecule has 1 atom stereocenters. The van der Waals surface area contributed by atoms with E-state index in [2.05, 4.69) is 23.8 Å². The van der Waals surface area contributed by atoms with Crippen LogP contribution in [0.4, 0.5) is 5.69 Å². The van der Waals surface area contributed by atoms with Gasteiger partial charge in [-0.25, -0.2) is 4.98 Å². The normalized spacial score (nSPS) is 12.1. The van der Waals surface area contributed by atoms with E-state index in [4.69, 9.17) is 0 Å². The molecular weight excluding hydrogens is 378 g/mol. The third-order valence-electron chi connectivity index (χ3n) is 4.02. The summed E-state index contributed by atoms with van der Waals surface area (Å²) in [4.78, 5) is 31.9. The van der Waals surface area contributed by atoms with Crippen LogP contribution >= 0.6 is 23.1 Å². The van der Waals surface area contributed by atoms with E-state index in [1.807, 2.05) is 43.3 Å². The second kappa shape index (κ2) is 8.54. The minimum atomic E-state index is -0.406. The molecule has 1 N–H and O–H groups in total. The van der Waals surface area contributed by atoms with Crippen molar-refractivity contribution in [3.05, 3.63) is 64.3 Å². The fourth-order valence-electron chi connectivity index (χ4n) is 2.58. The Labute approximate surface area is 166 Å². The average Bonchev–Trinajstić information content (AvgIpc) is 3.09. The molecule has 3 rings (SSSR count). The summed E-state index contributed by atoms with van der Waals surface area (Å²) < 4.78 is 1.58. The molecule has 0 saturated heterocycles. The van der Waals surface area contributed by atoms with Crippen molar-refractivity contribution in [2.24, 2.45) is 0 Å². The molecule has 0 fully saturated rings. The Morgan fingerprint density at radius 3 is 2.81 bits per heavy atom. The van der Waals surface area contributed by atoms with Crippen molar-refractivity contribution < 1.29 is 4.79 Å². The van der Waals surface area contributed by atoms with E-state index >= 15 is 0 Å². The van der Waals surface area contributed by atoms with Crippen molar-refractivity contribution in [1.82, 2.24) is 9.55 Å². The predicted octanol–water partition coefficient (Wildman–Crippen LogP) is 4.33. The highest BCUT2D eigenvalue weighted by atomic mass is 32.2. The van der Waals surface area contributed by atoms with Crippen LogP contribution in [0.25, 0.3) is 10.2 Å². The van der Waals surface area contributed by atoms with E-state index in [0.717, 1.165) is 21.8 Å². The lowest BCUT2D eigenvalue weighted by Crippen LogP contribution is -2.26. The summed E-state index contributed by atoms with van der Waals surface area (Å²) in [5, 5.41) is 3.64. The van der Waals surface area contributed by atoms with E-state index in [1.165, 1.54) is 23.1 Å². The first kappa shape index (κ1) is 19.4. The molecule has 1 amide bonds. The van der Waals surface area contributed by atoms with Gasteiger partial charge in [-0.2, -0.15) is 0 Å². The highest BCUT2D eigenvalue weighted by Gasteiger charge is 2.20. The fraction of sp³-hybridized carbons (Fsp3) is 0.250. The number of fused-ring (bicyclic) bond motifs is 1. The van der Waals surface area contributed by atoms with Gasteiger partial charge in [0.2, 0.25) is 5.91 Å². The largest absolute Gasteiger partial charge is 0.325 e. The Kier molecular flexibility index (Phi) is 6.13. The topological polar surface area (TPSA) is 64.0 Å². The lowest BCUT2D eigenvalue weighted by Gasteiger charge is -2.14. The standard InChI is InChI=1S/C20H21N3O2S2/c1-4-11-23-19(25)16-12-15(5-2)27-18(16)22-20(23)26-13(3)17(24)21-14-9-7-6-8-10-14/h4,6-10,12-13H,1,5,11H2,2-3H3,(H,21,24)/t13-/m1/s1. The predicted molar refractivity (Wildman–Crippen MR) is 114 cm³/mol. The molecule has 0 unspecified atom stereocenters. The summed E-state index contributed by atoms with van der Waals surface area (Å²) in [6.45, 7) is 7.96. The number of nitrogens with one attached hydrogen (secondary N) is 1. The molecule has 5 nitrogen and oxygen atoms in total. The zero-order valence-electron chi connectivity index (χ0n) is 15.3. The van der Waals surface area contributed by atoms with Gasteiger partial charge in [-0.3, -0.25) is 14.2 Å². The number of aryl methyl sites for hydroxylation is 1. The highest BCUT2D eigenvalue weighted by Crippen LogP contribution is 2.27. The van der Waals surface area contributed by atoms with Crippen LogP contribution in [0.15, 0.2) is 59.0 Å². The number of para-hydroxylation sites is 1. The zero-order valence-corrected chi connectivity index (χ0v) is 16.9. The van der Waals surface area contributed by atoms with Gasteiger partial charge in [0.1, 0.15) is 4.83 Å². The maximum Gasteiger partial charge on any atom is 0.263 e. The van der Waals surface area contributed by atoms with Gasteiger partial charge in [-0.15, -0.1) is 17.9 Å². The summed E-state index contributed by atoms with van der Waals surface area (Å²) >= 11 is 2.81. The monoisotopic (exact) mass is 399 g/mol. The Morgan fingerprint density at radius 2 is 2.15 bits per heavy atom. The number of hydrogen-bond acceptors (Lipinski definition) is 5. The second-order valence-corrected chi connectivity index (χ2v) is 8.42. The van der Waals surface area contributed by atoms with E-state index in [9.17, 15) is 9.59 Å². The van der Waals surface area contributed by atoms with Gasteiger partial charge < -0.3 is 5.32 Å². The molecule has 0 bridgehead atoms. The molecule has 7 heteroatoms. The van der Waals surface area contributed by atoms with E-state index < -0.39 is 5.25 Å². The lowest BCUT2D eigenvalue weighted by molar-refractivity contribution is -0.115. The number of hydrogen-bond donors (Lipinski definition) is 1. The Morgan fingerprint density at radius 1 is 1.41 bits per heavy atom. The summed E-state index contributed by atoms with van der Waals surface area (Å²) in [6.07, 6.45) is 2.53. The molecule has 0 aliphatic rings. The second-order valence-electron chi connectivity index (χ2n) is 6.00. The summed E-state index contributed by atoms with van der Waals surface area (Å²) in [7, 11) is 0. The van der Waals surface area contributed by atoms with Crippen molar-refractivity contribution in [3.63, 3.8) is 0 Å². The summed E-state index contributed by atoms with van der Waals surface area (Å²) in [5.74, 6) is -0.133. The third kappa shape index (κ3) is 4.31. The number of carbonyl (C=O) groups is 1. The maximum absolute atomic E-state index is 12.9. The summed E-state index contributed by atoms with van der Waals surface area (Å²) in [5.41, 5.74) is 0.654. The minimum absolute atomic E-state index is 0.0889. The Balaban J connectivity index is 1.90. The molecule has 0 saturated carbocycles. The fourth-order valence-corrected chi connectivity index (χ4v) is 4.50. The molecule has 2 aromatic heterocycles. The number of amides is 1. The van der Waals surface area contributed by atoms with Gasteiger partial charge in [0.25, 0.3) is 5.56 Å². The van der Waals surface area contributed by atoms with Gasteiger partial charge >= 0.3 is 0 Å². The first-order valence-electron chi connectivity index (χ1n) is 8.70. The first-order chi connectivity index (χ1) is 13.0. The quantitative estimate of drug-likeness (QED) is 0.365. The number of aromatic nitrogens is 2. The van der Waals surface area contributed by atoms with E-state index in [1.54, 1.807) is 10.6 Å². The van der Waals surface area contributed by atoms with Crippen LogP contribution in [-0.2, 0) is 17.8 Å². The van der Waals surface area contributed by atoms with E-state index in [-0.39, 0.29) is 11.5 Å². The Hall–Kier alpha value is -2.38. The average molecular weight is 400 g/mol. The SMILES string of the molecule is C=CCn1c(S[C@H](C)C(=O)Nc2ccccc2)nc2sc(CC)cc2c1=O. The molecule has 0 spiro atoms. The van der Waals surface area contributed by atoms with Crippen LogP contribution in [0.1, 0.15) is 18.7 Å². The van der Waals surface area contributed by atoms with Crippen LogP contribution in [0.2, 0.25) is 0 Å². The van der Waals surface area contributed by atoms with Crippen molar-refractivity contribution in [2.45, 2.75) is 37.2 Å². The van der Waals surface area contributed by atoms with Crippen molar-refractivity contribution >= 4 is 44.9 Å². The first-order valence-corrected chi connectivity index (χ1v) is 10.4. The number of nitrogens with zero attached hydrogens (tertiary/aromatic N) is 2. The van der Waals surface area contributed by atoms with Crippen LogP contribution in [0.5, 0.6) is 0 Å². The molecule has 140 valence electrons. The van der Waals surface area contributed by atoms with Crippen LogP contribution in [-0.4, -0.2) is 20.7 Å². The lowest BCUT2D eigenvalue weighted by atomic mass is 10.3. The summed E-state index contributed by atoms with van der Waals surface area (Å²) in [6, 6.07) is 11.2. The van der Waals surface area contributed by atoms with Crippen LogP contribution in [0.3, 0.4) is 0 Å². The van der Waals surface area contributed by atoms with Gasteiger partial charge in [0.15, 0.2) is 5.16 Å². The van der Waals surface area contributed by atoms with Crippen LogP contribution in [0, 0.1) is 0 Å². The smallest absolute Gasteiger partial charge is 0.263 e. The van der Waals surface area contributed by atoms with Crippen molar-refractivity contribution in [1.29, 1.82) is 0 Å². The van der Waals surface area contributed by atoms with Crippen LogP contribution < -0.4 is 10.9 Å². The van der Waals surface area contributed by atoms with Gasteiger partial charge in [0, 0.05) is 17.1 Å².